The second-order valence-corrected chi connectivity index (χ2v) is 9.57. The van der Waals surface area contributed by atoms with Crippen LogP contribution in [-0.2, 0) is 11.4 Å². The summed E-state index contributed by atoms with van der Waals surface area (Å²) in [4.78, 5) is 26.4. The molecule has 0 atom stereocenters. The van der Waals surface area contributed by atoms with Crippen molar-refractivity contribution in [1.29, 1.82) is 0 Å². The van der Waals surface area contributed by atoms with Crippen molar-refractivity contribution in [1.82, 2.24) is 5.32 Å². The Kier molecular flexibility index (Phi) is 7.26. The number of anilines is 1. The summed E-state index contributed by atoms with van der Waals surface area (Å²) in [5, 5.41) is 3.14. The average Bonchev–Trinajstić information content (AvgIpc) is 3.07. The Morgan fingerprint density at radius 3 is 2.45 bits per heavy atom. The van der Waals surface area contributed by atoms with Gasteiger partial charge < -0.3 is 14.8 Å². The molecule has 0 bridgehead atoms. The first-order valence-electron chi connectivity index (χ1n) is 9.73. The van der Waals surface area contributed by atoms with Gasteiger partial charge in [0.1, 0.15) is 12.3 Å². The zero-order valence-electron chi connectivity index (χ0n) is 17.3. The number of nitrogens with zero attached hydrogens (tertiary/aromatic N) is 1. The van der Waals surface area contributed by atoms with Crippen LogP contribution in [0.2, 0.25) is 5.02 Å². The summed E-state index contributed by atoms with van der Waals surface area (Å²) in [6.07, 6.45) is 1.61. The van der Waals surface area contributed by atoms with Crippen LogP contribution in [0.25, 0.3) is 6.08 Å². The maximum atomic E-state index is 12.9. The molecular formula is C24H17BrClIN2O4. The van der Waals surface area contributed by atoms with E-state index >= 15 is 0 Å². The number of ether oxygens (including phenoxy) is 2. The van der Waals surface area contributed by atoms with Gasteiger partial charge in [-0.25, -0.2) is 9.69 Å². The van der Waals surface area contributed by atoms with E-state index in [1.807, 2.05) is 30.3 Å². The van der Waals surface area contributed by atoms with Gasteiger partial charge in [0.2, 0.25) is 0 Å². The predicted molar refractivity (Wildman–Crippen MR) is 140 cm³/mol. The summed E-state index contributed by atoms with van der Waals surface area (Å²) < 4.78 is 13.3. The lowest BCUT2D eigenvalue weighted by Crippen LogP contribution is -2.30. The van der Waals surface area contributed by atoms with Crippen LogP contribution in [0.1, 0.15) is 11.1 Å². The number of methoxy groups -OCH3 is 1. The molecule has 0 aromatic heterocycles. The van der Waals surface area contributed by atoms with Crippen molar-refractivity contribution in [3.05, 3.63) is 90.6 Å². The fourth-order valence-corrected chi connectivity index (χ4v) is 4.40. The molecule has 0 saturated carbocycles. The number of amides is 3. The van der Waals surface area contributed by atoms with Gasteiger partial charge in [0.25, 0.3) is 5.91 Å². The molecule has 3 aromatic rings. The van der Waals surface area contributed by atoms with Gasteiger partial charge in [0, 0.05) is 9.50 Å². The van der Waals surface area contributed by atoms with Crippen LogP contribution in [0.15, 0.2) is 70.8 Å². The van der Waals surface area contributed by atoms with Crippen molar-refractivity contribution >= 4 is 73.8 Å². The SMILES string of the molecule is COc1cc(/C=C2/NC(=O)N(c3ccc(Cl)cc3)C2=O)cc(I)c1OCc1ccc(Br)cc1. The lowest BCUT2D eigenvalue weighted by Gasteiger charge is -2.14. The van der Waals surface area contributed by atoms with E-state index in [-0.39, 0.29) is 5.70 Å². The highest BCUT2D eigenvalue weighted by molar-refractivity contribution is 14.1. The van der Waals surface area contributed by atoms with Gasteiger partial charge in [-0.15, -0.1) is 0 Å². The second kappa shape index (κ2) is 10.1. The predicted octanol–water partition coefficient (Wildman–Crippen LogP) is 6.39. The minimum Gasteiger partial charge on any atom is -0.493 e. The van der Waals surface area contributed by atoms with Gasteiger partial charge >= 0.3 is 6.03 Å². The standard InChI is InChI=1S/C24H17BrClIN2O4/c1-32-21-12-15(10-19(27)22(21)33-13-14-2-4-16(25)5-3-14)11-20-23(30)29(24(31)28-20)18-8-6-17(26)7-9-18/h2-12H,13H2,1H3,(H,28,31)/b20-11+. The Balaban J connectivity index is 1.57. The highest BCUT2D eigenvalue weighted by atomic mass is 127. The number of hydrogen-bond acceptors (Lipinski definition) is 4. The van der Waals surface area contributed by atoms with E-state index in [0.29, 0.717) is 34.4 Å². The van der Waals surface area contributed by atoms with E-state index in [2.05, 4.69) is 43.8 Å². The smallest absolute Gasteiger partial charge is 0.333 e. The maximum Gasteiger partial charge on any atom is 0.333 e. The molecular weight excluding hydrogens is 623 g/mol. The number of nitrogens with one attached hydrogen (secondary N) is 1. The monoisotopic (exact) mass is 638 g/mol. The van der Waals surface area contributed by atoms with Crippen LogP contribution in [0.3, 0.4) is 0 Å². The van der Waals surface area contributed by atoms with Crippen LogP contribution in [-0.4, -0.2) is 19.0 Å². The van der Waals surface area contributed by atoms with E-state index in [4.69, 9.17) is 21.1 Å². The quantitative estimate of drug-likeness (QED) is 0.193. The van der Waals surface area contributed by atoms with Gasteiger partial charge in [-0.3, -0.25) is 4.79 Å². The van der Waals surface area contributed by atoms with E-state index in [1.54, 1.807) is 43.5 Å². The van der Waals surface area contributed by atoms with Crippen LogP contribution >= 0.6 is 50.1 Å². The van der Waals surface area contributed by atoms with Gasteiger partial charge in [-0.2, -0.15) is 0 Å². The fraction of sp³-hybridized carbons (Fsp3) is 0.0833. The molecule has 3 aromatic carbocycles. The lowest BCUT2D eigenvalue weighted by atomic mass is 10.1. The molecule has 33 heavy (non-hydrogen) atoms. The summed E-state index contributed by atoms with van der Waals surface area (Å²) in [6.45, 7) is 0.380. The molecule has 1 aliphatic rings. The number of hydrogen-bond donors (Lipinski definition) is 1. The molecule has 0 spiro atoms. The summed E-state index contributed by atoms with van der Waals surface area (Å²) in [6, 6.07) is 17.4. The summed E-state index contributed by atoms with van der Waals surface area (Å²) in [7, 11) is 1.56. The molecule has 0 radical (unpaired) electrons. The van der Waals surface area contributed by atoms with Crippen LogP contribution in [0, 0.1) is 3.57 Å². The Hall–Kier alpha value is -2.56. The molecule has 1 saturated heterocycles. The highest BCUT2D eigenvalue weighted by Gasteiger charge is 2.34. The second-order valence-electron chi connectivity index (χ2n) is 7.05. The third-order valence-corrected chi connectivity index (χ3v) is 6.40. The molecule has 1 fully saturated rings. The minimum atomic E-state index is -0.523. The van der Waals surface area contributed by atoms with Crippen molar-refractivity contribution in [3.8, 4) is 11.5 Å². The van der Waals surface area contributed by atoms with Gasteiger partial charge in [-0.05, 0) is 88.3 Å². The first kappa shape index (κ1) is 23.6. The van der Waals surface area contributed by atoms with Crippen LogP contribution in [0.5, 0.6) is 11.5 Å². The van der Waals surface area contributed by atoms with Gasteiger partial charge in [-0.1, -0.05) is 39.7 Å². The molecule has 9 heteroatoms. The summed E-state index contributed by atoms with van der Waals surface area (Å²) in [5.41, 5.74) is 2.31. The van der Waals surface area contributed by atoms with E-state index in [0.717, 1.165) is 18.5 Å². The molecule has 1 heterocycles. The maximum absolute atomic E-state index is 12.9. The van der Waals surface area contributed by atoms with Crippen molar-refractivity contribution in [2.45, 2.75) is 6.61 Å². The number of urea groups is 1. The molecule has 0 unspecified atom stereocenters. The summed E-state index contributed by atoms with van der Waals surface area (Å²) >= 11 is 11.5. The van der Waals surface area contributed by atoms with E-state index in [1.165, 1.54) is 0 Å². The van der Waals surface area contributed by atoms with E-state index in [9.17, 15) is 9.59 Å². The van der Waals surface area contributed by atoms with E-state index < -0.39 is 11.9 Å². The molecule has 0 aliphatic carbocycles. The molecule has 1 N–H and O–H groups in total. The fourth-order valence-electron chi connectivity index (χ4n) is 3.23. The normalized spacial score (nSPS) is 14.5. The third-order valence-electron chi connectivity index (χ3n) is 4.82. The largest absolute Gasteiger partial charge is 0.493 e. The Morgan fingerprint density at radius 2 is 1.79 bits per heavy atom. The minimum absolute atomic E-state index is 0.163. The molecule has 3 amide bonds. The average molecular weight is 640 g/mol. The van der Waals surface area contributed by atoms with Gasteiger partial charge in [0.15, 0.2) is 11.5 Å². The molecule has 4 rings (SSSR count). The number of halogens is 3. The van der Waals surface area contributed by atoms with Crippen molar-refractivity contribution < 1.29 is 19.1 Å². The van der Waals surface area contributed by atoms with Crippen LogP contribution in [0.4, 0.5) is 10.5 Å². The Bertz CT molecular complexity index is 1250. The summed E-state index contributed by atoms with van der Waals surface area (Å²) in [5.74, 6) is 0.678. The number of imide groups is 1. The van der Waals surface area contributed by atoms with Gasteiger partial charge in [0.05, 0.1) is 16.4 Å². The zero-order valence-corrected chi connectivity index (χ0v) is 21.8. The number of rotatable bonds is 6. The molecule has 168 valence electrons. The molecule has 6 nitrogen and oxygen atoms in total. The first-order valence-corrected chi connectivity index (χ1v) is 12.0. The third kappa shape index (κ3) is 5.34. The lowest BCUT2D eigenvalue weighted by molar-refractivity contribution is -0.113. The first-order chi connectivity index (χ1) is 15.9. The Morgan fingerprint density at radius 1 is 1.09 bits per heavy atom. The topological polar surface area (TPSA) is 67.9 Å². The highest BCUT2D eigenvalue weighted by Crippen LogP contribution is 2.35. The van der Waals surface area contributed by atoms with Crippen molar-refractivity contribution in [3.63, 3.8) is 0 Å². The van der Waals surface area contributed by atoms with Crippen molar-refractivity contribution in [2.24, 2.45) is 0 Å². The number of benzene rings is 3. The Labute approximate surface area is 217 Å². The van der Waals surface area contributed by atoms with Crippen LogP contribution < -0.4 is 19.7 Å². The van der Waals surface area contributed by atoms with Crippen molar-refractivity contribution in [2.75, 3.05) is 12.0 Å². The number of carbonyl (C=O) groups is 2. The number of carbonyl (C=O) groups excluding carboxylic acids is 2. The zero-order chi connectivity index (χ0) is 23.5. The molecule has 1 aliphatic heterocycles.